The van der Waals surface area contributed by atoms with Crippen molar-refractivity contribution in [1.29, 1.82) is 0 Å². The molecule has 1 aromatic heterocycles. The molecule has 2 atom stereocenters. The molecule has 0 N–H and O–H groups in total. The van der Waals surface area contributed by atoms with E-state index in [1.54, 1.807) is 18.2 Å². The molecule has 2 aliphatic rings. The molecule has 6 nitrogen and oxygen atoms in total. The first-order chi connectivity index (χ1) is 13.0. The first-order valence-corrected chi connectivity index (χ1v) is 9.33. The van der Waals surface area contributed by atoms with Crippen molar-refractivity contribution in [1.82, 2.24) is 19.7 Å². The Morgan fingerprint density at radius 3 is 2.81 bits per heavy atom. The van der Waals surface area contributed by atoms with Crippen molar-refractivity contribution in [2.45, 2.75) is 50.7 Å². The van der Waals surface area contributed by atoms with Crippen molar-refractivity contribution in [2.24, 2.45) is 0 Å². The van der Waals surface area contributed by atoms with E-state index in [0.717, 1.165) is 43.6 Å². The van der Waals surface area contributed by atoms with Gasteiger partial charge in [0.1, 0.15) is 17.9 Å². The highest BCUT2D eigenvalue weighted by Gasteiger charge is 2.33. The standard InChI is InChI=1S/C19H22F2N4O2/c1-12(27-15-6-7-16(20)17(21)9-15)19(26)24-8-2-3-13(10-24)18-23-22-11-25(18)14-4-5-14/h6-7,9,11-14H,2-5,8,10H2,1H3/t12-,13-/m0/s1. The molecule has 1 saturated carbocycles. The zero-order chi connectivity index (χ0) is 19.0. The van der Waals surface area contributed by atoms with Gasteiger partial charge in [-0.05, 0) is 44.7 Å². The Kier molecular flexibility index (Phi) is 4.80. The van der Waals surface area contributed by atoms with Crippen molar-refractivity contribution in [3.63, 3.8) is 0 Å². The fourth-order valence-corrected chi connectivity index (χ4v) is 3.63. The van der Waals surface area contributed by atoms with Crippen LogP contribution in [-0.4, -0.2) is 44.8 Å². The molecule has 1 saturated heterocycles. The average Bonchev–Trinajstić information content (AvgIpc) is 3.40. The Morgan fingerprint density at radius 2 is 2.07 bits per heavy atom. The molecule has 1 amide bonds. The van der Waals surface area contributed by atoms with Crippen LogP contribution >= 0.6 is 0 Å². The smallest absolute Gasteiger partial charge is 0.263 e. The molecular formula is C19H22F2N4O2. The summed E-state index contributed by atoms with van der Waals surface area (Å²) in [7, 11) is 0. The Hall–Kier alpha value is -2.51. The third kappa shape index (κ3) is 3.79. The van der Waals surface area contributed by atoms with Crippen LogP contribution in [0.4, 0.5) is 8.78 Å². The number of rotatable bonds is 5. The number of hydrogen-bond acceptors (Lipinski definition) is 4. The van der Waals surface area contributed by atoms with Gasteiger partial charge in [-0.2, -0.15) is 0 Å². The maximum absolute atomic E-state index is 13.3. The largest absolute Gasteiger partial charge is 0.481 e. The van der Waals surface area contributed by atoms with Crippen LogP contribution < -0.4 is 4.74 Å². The summed E-state index contributed by atoms with van der Waals surface area (Å²) in [4.78, 5) is 14.6. The van der Waals surface area contributed by atoms with Gasteiger partial charge in [0.05, 0.1) is 0 Å². The molecule has 8 heteroatoms. The number of hydrogen-bond donors (Lipinski definition) is 0. The molecule has 0 spiro atoms. The van der Waals surface area contributed by atoms with Crippen molar-refractivity contribution in [3.05, 3.63) is 42.0 Å². The van der Waals surface area contributed by atoms with E-state index in [2.05, 4.69) is 14.8 Å². The van der Waals surface area contributed by atoms with Gasteiger partial charge in [-0.15, -0.1) is 10.2 Å². The second-order valence-corrected chi connectivity index (χ2v) is 7.29. The van der Waals surface area contributed by atoms with Gasteiger partial charge < -0.3 is 14.2 Å². The number of aromatic nitrogens is 3. The third-order valence-electron chi connectivity index (χ3n) is 5.19. The molecule has 1 aromatic carbocycles. The maximum Gasteiger partial charge on any atom is 0.263 e. The van der Waals surface area contributed by atoms with Crippen molar-refractivity contribution in [2.75, 3.05) is 13.1 Å². The van der Waals surface area contributed by atoms with Crippen LogP contribution in [0.5, 0.6) is 5.75 Å². The van der Waals surface area contributed by atoms with Gasteiger partial charge in [0.15, 0.2) is 17.7 Å². The molecule has 0 unspecified atom stereocenters. The van der Waals surface area contributed by atoms with E-state index < -0.39 is 17.7 Å². The lowest BCUT2D eigenvalue weighted by atomic mass is 9.96. The molecule has 2 heterocycles. The van der Waals surface area contributed by atoms with Crippen LogP contribution in [0, 0.1) is 11.6 Å². The minimum absolute atomic E-state index is 0.136. The van der Waals surface area contributed by atoms with Gasteiger partial charge in [-0.3, -0.25) is 4.79 Å². The summed E-state index contributed by atoms with van der Waals surface area (Å²) in [6.07, 6.45) is 5.15. The SMILES string of the molecule is C[C@H](Oc1ccc(F)c(F)c1)C(=O)N1CCC[C@H](c2nncn2C2CC2)C1. The number of benzene rings is 1. The number of likely N-dealkylation sites (tertiary alicyclic amines) is 1. The molecule has 2 aromatic rings. The topological polar surface area (TPSA) is 60.2 Å². The maximum atomic E-state index is 13.3. The summed E-state index contributed by atoms with van der Waals surface area (Å²) in [6.45, 7) is 2.84. The number of carbonyl (C=O) groups excluding carboxylic acids is 1. The summed E-state index contributed by atoms with van der Waals surface area (Å²) in [5, 5.41) is 8.35. The molecule has 0 bridgehead atoms. The highest BCUT2D eigenvalue weighted by molar-refractivity contribution is 5.81. The summed E-state index contributed by atoms with van der Waals surface area (Å²) >= 11 is 0. The molecule has 4 rings (SSSR count). The zero-order valence-electron chi connectivity index (χ0n) is 15.1. The number of halogens is 2. The van der Waals surface area contributed by atoms with Crippen LogP contribution in [0.3, 0.4) is 0 Å². The monoisotopic (exact) mass is 376 g/mol. The second-order valence-electron chi connectivity index (χ2n) is 7.29. The zero-order valence-corrected chi connectivity index (χ0v) is 15.1. The number of piperidine rings is 1. The first-order valence-electron chi connectivity index (χ1n) is 9.33. The van der Waals surface area contributed by atoms with E-state index in [1.165, 1.54) is 6.07 Å². The second kappa shape index (κ2) is 7.25. The van der Waals surface area contributed by atoms with E-state index in [4.69, 9.17) is 4.74 Å². The van der Waals surface area contributed by atoms with E-state index >= 15 is 0 Å². The van der Waals surface area contributed by atoms with E-state index in [-0.39, 0.29) is 17.6 Å². The highest BCUT2D eigenvalue weighted by atomic mass is 19.2. The summed E-state index contributed by atoms with van der Waals surface area (Å²) in [5.74, 6) is -0.867. The molecule has 27 heavy (non-hydrogen) atoms. The van der Waals surface area contributed by atoms with Gasteiger partial charge in [0.2, 0.25) is 0 Å². The van der Waals surface area contributed by atoms with Crippen molar-refractivity contribution < 1.29 is 18.3 Å². The van der Waals surface area contributed by atoms with Crippen molar-refractivity contribution in [3.8, 4) is 5.75 Å². The highest BCUT2D eigenvalue weighted by Crippen LogP contribution is 2.38. The Balaban J connectivity index is 1.41. The lowest BCUT2D eigenvalue weighted by Gasteiger charge is -2.34. The third-order valence-corrected chi connectivity index (χ3v) is 5.19. The lowest BCUT2D eigenvalue weighted by Crippen LogP contribution is -2.45. The predicted molar refractivity (Wildman–Crippen MR) is 93.3 cm³/mol. The average molecular weight is 376 g/mol. The first kappa shape index (κ1) is 17.9. The minimum atomic E-state index is -0.996. The minimum Gasteiger partial charge on any atom is -0.481 e. The van der Waals surface area contributed by atoms with Crippen LogP contribution in [0.2, 0.25) is 0 Å². The number of nitrogens with zero attached hydrogens (tertiary/aromatic N) is 4. The Labute approximate surface area is 156 Å². The van der Waals surface area contributed by atoms with Gasteiger partial charge in [0, 0.05) is 31.1 Å². The molecule has 1 aliphatic heterocycles. The van der Waals surface area contributed by atoms with E-state index in [0.29, 0.717) is 19.1 Å². The molecule has 0 radical (unpaired) electrons. The van der Waals surface area contributed by atoms with Crippen LogP contribution in [-0.2, 0) is 4.79 Å². The molecule has 144 valence electrons. The number of carbonyl (C=O) groups is 1. The normalized spacial score (nSPS) is 21.1. The number of ether oxygens (including phenoxy) is 1. The van der Waals surface area contributed by atoms with E-state index in [9.17, 15) is 13.6 Å². The van der Waals surface area contributed by atoms with Gasteiger partial charge in [-0.1, -0.05) is 0 Å². The van der Waals surface area contributed by atoms with Gasteiger partial charge in [0.25, 0.3) is 5.91 Å². The fourth-order valence-electron chi connectivity index (χ4n) is 3.63. The van der Waals surface area contributed by atoms with Crippen molar-refractivity contribution >= 4 is 5.91 Å². The summed E-state index contributed by atoms with van der Waals surface area (Å²) < 4.78 is 34.0. The molecule has 2 fully saturated rings. The van der Waals surface area contributed by atoms with E-state index in [1.807, 2.05) is 0 Å². The molecule has 1 aliphatic carbocycles. The molecular weight excluding hydrogens is 354 g/mol. The van der Waals surface area contributed by atoms with Crippen LogP contribution in [0.25, 0.3) is 0 Å². The quantitative estimate of drug-likeness (QED) is 0.805. The Bertz CT molecular complexity index is 837. The van der Waals surface area contributed by atoms with Crippen LogP contribution in [0.15, 0.2) is 24.5 Å². The summed E-state index contributed by atoms with van der Waals surface area (Å²) in [6, 6.07) is 3.76. The van der Waals surface area contributed by atoms with Gasteiger partial charge in [-0.25, -0.2) is 8.78 Å². The van der Waals surface area contributed by atoms with Crippen LogP contribution in [0.1, 0.15) is 50.4 Å². The predicted octanol–water partition coefficient (Wildman–Crippen LogP) is 3.06. The summed E-state index contributed by atoms with van der Waals surface area (Å²) in [5.41, 5.74) is 0. The number of amides is 1. The lowest BCUT2D eigenvalue weighted by molar-refractivity contribution is -0.139. The fraction of sp³-hybridized carbons (Fsp3) is 0.526. The Morgan fingerprint density at radius 1 is 1.26 bits per heavy atom. The van der Waals surface area contributed by atoms with Gasteiger partial charge >= 0.3 is 0 Å².